The second kappa shape index (κ2) is 6.10. The predicted molar refractivity (Wildman–Crippen MR) is 94.9 cm³/mol. The number of carbonyl (C=O) groups is 1. The van der Waals surface area contributed by atoms with Crippen LogP contribution in [0.15, 0.2) is 35.7 Å². The molecule has 1 amide bonds. The lowest BCUT2D eigenvalue weighted by Gasteiger charge is -2.33. The van der Waals surface area contributed by atoms with Crippen LogP contribution in [0.3, 0.4) is 0 Å². The average molecular weight is 326 g/mol. The third-order valence-corrected chi connectivity index (χ3v) is 6.11. The molecule has 1 saturated heterocycles. The van der Waals surface area contributed by atoms with E-state index in [9.17, 15) is 4.79 Å². The highest BCUT2D eigenvalue weighted by molar-refractivity contribution is 7.10. The van der Waals surface area contributed by atoms with Crippen LogP contribution in [-0.4, -0.2) is 23.9 Å². The molecule has 0 saturated carbocycles. The highest BCUT2D eigenvalue weighted by Gasteiger charge is 2.25. The summed E-state index contributed by atoms with van der Waals surface area (Å²) in [4.78, 5) is 17.8. The van der Waals surface area contributed by atoms with Crippen LogP contribution in [0.4, 0.5) is 5.69 Å². The minimum absolute atomic E-state index is 0.257. The fraction of sp³-hybridized carbons (Fsp3) is 0.421. The highest BCUT2D eigenvalue weighted by Crippen LogP contribution is 2.33. The molecule has 23 heavy (non-hydrogen) atoms. The molecular weight excluding hydrogens is 304 g/mol. The van der Waals surface area contributed by atoms with E-state index < -0.39 is 0 Å². The van der Waals surface area contributed by atoms with Crippen LogP contribution in [-0.2, 0) is 17.8 Å². The van der Waals surface area contributed by atoms with Gasteiger partial charge in [0.2, 0.25) is 5.91 Å². The van der Waals surface area contributed by atoms with Gasteiger partial charge in [-0.1, -0.05) is 12.1 Å². The normalized spacial score (nSPS) is 21.7. The summed E-state index contributed by atoms with van der Waals surface area (Å²) < 4.78 is 0. The van der Waals surface area contributed by atoms with E-state index in [1.54, 1.807) is 4.88 Å². The molecule has 120 valence electrons. The molecule has 3 nitrogen and oxygen atoms in total. The quantitative estimate of drug-likeness (QED) is 0.851. The van der Waals surface area contributed by atoms with Gasteiger partial charge in [0.15, 0.2) is 0 Å². The number of hydrogen-bond acceptors (Lipinski definition) is 3. The van der Waals surface area contributed by atoms with Crippen molar-refractivity contribution in [3.63, 3.8) is 0 Å². The maximum atomic E-state index is 11.8. The molecule has 1 aromatic heterocycles. The van der Waals surface area contributed by atoms with Gasteiger partial charge in [-0.15, -0.1) is 11.3 Å². The molecule has 1 unspecified atom stereocenters. The zero-order valence-corrected chi connectivity index (χ0v) is 14.3. The molecule has 0 radical (unpaired) electrons. The Balaban J connectivity index is 1.46. The summed E-state index contributed by atoms with van der Waals surface area (Å²) in [5.74, 6) is 0.257. The van der Waals surface area contributed by atoms with Gasteiger partial charge in [0, 0.05) is 42.7 Å². The first-order valence-corrected chi connectivity index (χ1v) is 9.30. The Morgan fingerprint density at radius 3 is 2.70 bits per heavy atom. The number of carbonyl (C=O) groups excluding carboxylic acids is 1. The fourth-order valence-corrected chi connectivity index (χ4v) is 4.68. The number of fused-ring (bicyclic) bond motifs is 1. The van der Waals surface area contributed by atoms with Crippen LogP contribution < -0.4 is 4.90 Å². The summed E-state index contributed by atoms with van der Waals surface area (Å²) >= 11 is 1.89. The van der Waals surface area contributed by atoms with Gasteiger partial charge in [-0.2, -0.15) is 0 Å². The molecule has 0 spiro atoms. The number of amides is 1. The third-order valence-electron chi connectivity index (χ3n) is 5.11. The van der Waals surface area contributed by atoms with E-state index in [1.165, 1.54) is 11.1 Å². The van der Waals surface area contributed by atoms with Gasteiger partial charge in [-0.25, -0.2) is 0 Å². The first kappa shape index (κ1) is 14.9. The zero-order chi connectivity index (χ0) is 15.8. The maximum Gasteiger partial charge on any atom is 0.227 e. The molecule has 1 fully saturated rings. The van der Waals surface area contributed by atoms with Crippen LogP contribution in [0.2, 0.25) is 0 Å². The lowest BCUT2D eigenvalue weighted by Crippen LogP contribution is -2.32. The van der Waals surface area contributed by atoms with E-state index in [4.69, 9.17) is 0 Å². The molecule has 4 rings (SSSR count). The Bertz CT molecular complexity index is 706. The van der Waals surface area contributed by atoms with Crippen molar-refractivity contribution in [2.75, 3.05) is 18.0 Å². The monoisotopic (exact) mass is 326 g/mol. The topological polar surface area (TPSA) is 23.6 Å². The van der Waals surface area contributed by atoms with Crippen LogP contribution in [0, 0.1) is 0 Å². The van der Waals surface area contributed by atoms with Crippen molar-refractivity contribution in [2.24, 2.45) is 0 Å². The van der Waals surface area contributed by atoms with Crippen molar-refractivity contribution >= 4 is 22.9 Å². The Kier molecular flexibility index (Phi) is 3.95. The Morgan fingerprint density at radius 2 is 1.96 bits per heavy atom. The summed E-state index contributed by atoms with van der Waals surface area (Å²) in [6, 6.07) is 11.3. The Labute approximate surface area is 141 Å². The molecule has 0 bridgehead atoms. The van der Waals surface area contributed by atoms with E-state index in [-0.39, 0.29) is 5.91 Å². The smallest absolute Gasteiger partial charge is 0.227 e. The summed E-state index contributed by atoms with van der Waals surface area (Å²) in [6.07, 6.45) is 2.84. The number of thiophene rings is 1. The number of rotatable bonds is 3. The number of nitrogens with zero attached hydrogens (tertiary/aromatic N) is 2. The van der Waals surface area contributed by atoms with Gasteiger partial charge in [-0.05, 0) is 54.5 Å². The molecule has 3 heterocycles. The van der Waals surface area contributed by atoms with Crippen LogP contribution in [0.25, 0.3) is 0 Å². The minimum atomic E-state index is 0.257. The van der Waals surface area contributed by atoms with Crippen molar-refractivity contribution in [3.8, 4) is 0 Å². The van der Waals surface area contributed by atoms with Crippen molar-refractivity contribution in [1.29, 1.82) is 0 Å². The third kappa shape index (κ3) is 2.81. The molecule has 2 aliphatic rings. The molecule has 1 aromatic carbocycles. The lowest BCUT2D eigenvalue weighted by atomic mass is 10.0. The summed E-state index contributed by atoms with van der Waals surface area (Å²) in [6.45, 7) is 5.27. The first-order chi connectivity index (χ1) is 11.2. The second-order valence-corrected chi connectivity index (χ2v) is 7.51. The molecule has 0 N–H and O–H groups in total. The van der Waals surface area contributed by atoms with E-state index in [2.05, 4.69) is 47.5 Å². The number of benzene rings is 1. The largest absolute Gasteiger partial charge is 0.312 e. The van der Waals surface area contributed by atoms with Crippen LogP contribution in [0.1, 0.15) is 41.8 Å². The maximum absolute atomic E-state index is 11.8. The van der Waals surface area contributed by atoms with Crippen molar-refractivity contribution in [3.05, 3.63) is 51.7 Å². The minimum Gasteiger partial charge on any atom is -0.312 e. The van der Waals surface area contributed by atoms with Gasteiger partial charge >= 0.3 is 0 Å². The number of anilines is 1. The Hall–Kier alpha value is -1.65. The molecule has 2 aliphatic heterocycles. The van der Waals surface area contributed by atoms with E-state index in [1.807, 2.05) is 16.2 Å². The van der Waals surface area contributed by atoms with Gasteiger partial charge in [-0.3, -0.25) is 9.69 Å². The Morgan fingerprint density at radius 1 is 1.13 bits per heavy atom. The second-order valence-electron chi connectivity index (χ2n) is 6.51. The van der Waals surface area contributed by atoms with E-state index >= 15 is 0 Å². The van der Waals surface area contributed by atoms with E-state index in [0.29, 0.717) is 12.5 Å². The SMILES string of the molecule is CC1c2ccsc2CCN1Cc1ccc(N2CCCC2=O)cc1. The van der Waals surface area contributed by atoms with Crippen molar-refractivity contribution in [2.45, 2.75) is 38.8 Å². The number of hydrogen-bond donors (Lipinski definition) is 0. The molecule has 1 atom stereocenters. The van der Waals surface area contributed by atoms with Crippen LogP contribution >= 0.6 is 11.3 Å². The van der Waals surface area contributed by atoms with Gasteiger partial charge in [0.25, 0.3) is 0 Å². The predicted octanol–water partition coefficient (Wildman–Crippen LogP) is 3.99. The summed E-state index contributed by atoms with van der Waals surface area (Å²) in [5.41, 5.74) is 3.87. The summed E-state index contributed by atoms with van der Waals surface area (Å²) in [7, 11) is 0. The fourth-order valence-electron chi connectivity index (χ4n) is 3.71. The average Bonchev–Trinajstić information content (AvgIpc) is 3.20. The molecule has 4 heteroatoms. The zero-order valence-electron chi connectivity index (χ0n) is 13.5. The van der Waals surface area contributed by atoms with Crippen molar-refractivity contribution in [1.82, 2.24) is 4.90 Å². The standard InChI is InChI=1S/C19H22N2OS/c1-14-17-9-12-23-18(17)8-11-20(14)13-15-4-6-16(7-5-15)21-10-2-3-19(21)22/h4-7,9,12,14H,2-3,8,10-11,13H2,1H3. The summed E-state index contributed by atoms with van der Waals surface area (Å²) in [5, 5.41) is 2.21. The highest BCUT2D eigenvalue weighted by atomic mass is 32.1. The van der Waals surface area contributed by atoms with E-state index in [0.717, 1.165) is 38.2 Å². The molecular formula is C19H22N2OS. The van der Waals surface area contributed by atoms with Gasteiger partial charge in [0.05, 0.1) is 0 Å². The first-order valence-electron chi connectivity index (χ1n) is 8.42. The van der Waals surface area contributed by atoms with Crippen LogP contribution in [0.5, 0.6) is 0 Å². The lowest BCUT2D eigenvalue weighted by molar-refractivity contribution is -0.117. The van der Waals surface area contributed by atoms with Crippen molar-refractivity contribution < 1.29 is 4.79 Å². The van der Waals surface area contributed by atoms with Gasteiger partial charge in [0.1, 0.15) is 0 Å². The molecule has 2 aromatic rings. The molecule has 0 aliphatic carbocycles. The van der Waals surface area contributed by atoms with Gasteiger partial charge < -0.3 is 4.90 Å².